The third kappa shape index (κ3) is 37.5. The van der Waals surface area contributed by atoms with E-state index in [2.05, 4.69) is 20.9 Å². The van der Waals surface area contributed by atoms with Gasteiger partial charge in [-0.2, -0.15) is 0 Å². The van der Waals surface area contributed by atoms with E-state index in [1.54, 1.807) is 92.5 Å². The lowest BCUT2D eigenvalue weighted by molar-refractivity contribution is -0.307. The number of para-hydroxylation sites is 1. The van der Waals surface area contributed by atoms with Gasteiger partial charge in [0.1, 0.15) is 24.5 Å². The molecule has 4 aliphatic heterocycles. The van der Waals surface area contributed by atoms with Crippen LogP contribution in [0.5, 0.6) is 0 Å². The van der Waals surface area contributed by atoms with Crippen LogP contribution >= 0.6 is 0 Å². The van der Waals surface area contributed by atoms with Gasteiger partial charge in [0.2, 0.25) is 17.7 Å². The normalized spacial score (nSPS) is 29.5. The number of aliphatic hydroxyl groups is 10. The van der Waals surface area contributed by atoms with E-state index in [4.69, 9.17) is 68.3 Å². The van der Waals surface area contributed by atoms with Crippen LogP contribution in [0.3, 0.4) is 0 Å². The molecule has 2 aromatic carbocycles. The van der Waals surface area contributed by atoms with Crippen molar-refractivity contribution in [3.63, 3.8) is 0 Å². The summed E-state index contributed by atoms with van der Waals surface area (Å²) in [7, 11) is 0. The number of carbonyl (C=O) groups is 5. The number of esters is 2. The number of fused-ring (bicyclic) bond motifs is 7. The molecule has 125 heavy (non-hydrogen) atoms. The molecule has 2 fully saturated rings. The maximum absolute atomic E-state index is 14.3. The van der Waals surface area contributed by atoms with Crippen LogP contribution in [0.4, 0.5) is 5.69 Å². The topological polar surface area (TPSA) is 508 Å². The summed E-state index contributed by atoms with van der Waals surface area (Å²) in [6, 6.07) is 14.1. The summed E-state index contributed by atoms with van der Waals surface area (Å²) in [5, 5.41) is 127. The van der Waals surface area contributed by atoms with Crippen LogP contribution < -0.4 is 27.0 Å². The van der Waals surface area contributed by atoms with Crippen molar-refractivity contribution in [2.45, 2.75) is 228 Å². The Morgan fingerprint density at radius 2 is 1.16 bits per heavy atom. The largest absolute Gasteiger partial charge is 0.463 e. The minimum Gasteiger partial charge on any atom is -0.463 e. The zero-order valence-corrected chi connectivity index (χ0v) is 72.5. The number of cyclic esters (lactones) is 1. The van der Waals surface area contributed by atoms with Gasteiger partial charge in [0.25, 0.3) is 0 Å². The molecule has 7 rings (SSSR count). The zero-order chi connectivity index (χ0) is 90.3. The number of anilines is 1. The molecule has 19 atom stereocenters. The van der Waals surface area contributed by atoms with Gasteiger partial charge in [-0.25, -0.2) is 4.68 Å². The third-order valence-corrected chi connectivity index (χ3v) is 21.7. The highest BCUT2D eigenvalue weighted by Crippen LogP contribution is 2.42. The molecule has 1 aromatic heterocycles. The van der Waals surface area contributed by atoms with Gasteiger partial charge in [0.15, 0.2) is 12.1 Å². The minimum absolute atomic E-state index is 0.00875. The lowest BCUT2D eigenvalue weighted by Gasteiger charge is -2.46. The zero-order valence-electron chi connectivity index (χ0n) is 72.5. The molecule has 0 radical (unpaired) electrons. The smallest absolute Gasteiger partial charge is 0.308 e. The Balaban J connectivity index is 0.828. The fourth-order valence-corrected chi connectivity index (χ4v) is 14.6. The van der Waals surface area contributed by atoms with Crippen molar-refractivity contribution in [1.29, 1.82) is 0 Å². The van der Waals surface area contributed by atoms with E-state index in [9.17, 15) is 75.0 Å². The van der Waals surface area contributed by atoms with Gasteiger partial charge in [-0.1, -0.05) is 153 Å². The molecular formula is C90H136N8O27. The van der Waals surface area contributed by atoms with Crippen LogP contribution in [-0.4, -0.2) is 312 Å². The maximum atomic E-state index is 14.3. The molecule has 2 bridgehead atoms. The second-order valence-corrected chi connectivity index (χ2v) is 31.6. The molecule has 5 heterocycles. The van der Waals surface area contributed by atoms with Gasteiger partial charge in [-0.05, 0) is 64.1 Å². The van der Waals surface area contributed by atoms with Crippen molar-refractivity contribution in [1.82, 2.24) is 25.6 Å². The van der Waals surface area contributed by atoms with Crippen molar-refractivity contribution in [2.75, 3.05) is 124 Å². The predicted octanol–water partition coefficient (Wildman–Crippen LogP) is 3.29. The number of rotatable bonds is 38. The number of aliphatic hydroxyl groups excluding tert-OH is 9. The Morgan fingerprint density at radius 3 is 1.82 bits per heavy atom. The van der Waals surface area contributed by atoms with Crippen LogP contribution in [0.1, 0.15) is 123 Å². The summed E-state index contributed by atoms with van der Waals surface area (Å²) < 4.78 is 70.8. The number of unbranched alkanes of at least 4 members (excludes halogenated alkanes) is 2. The lowest BCUT2D eigenvalue weighted by Crippen LogP contribution is -2.62. The third-order valence-electron chi connectivity index (χ3n) is 21.7. The summed E-state index contributed by atoms with van der Waals surface area (Å²) >= 11 is 0. The van der Waals surface area contributed by atoms with Crippen LogP contribution in [-0.2, 0) is 93.9 Å². The Bertz CT molecular complexity index is 3860. The molecule has 35 heteroatoms. The van der Waals surface area contributed by atoms with Gasteiger partial charge in [-0.3, -0.25) is 24.0 Å². The van der Waals surface area contributed by atoms with E-state index in [0.29, 0.717) is 63.9 Å². The van der Waals surface area contributed by atoms with Crippen molar-refractivity contribution in [2.24, 2.45) is 29.2 Å². The number of allylic oxidation sites excluding steroid dienone is 12. The summed E-state index contributed by atoms with van der Waals surface area (Å²) in [6.45, 7) is 11.6. The molecule has 2 saturated heterocycles. The van der Waals surface area contributed by atoms with E-state index in [0.717, 1.165) is 41.6 Å². The van der Waals surface area contributed by atoms with Crippen LogP contribution in [0.25, 0.3) is 22.5 Å². The second-order valence-electron chi connectivity index (χ2n) is 31.6. The summed E-state index contributed by atoms with van der Waals surface area (Å²) in [5.41, 5.74) is 16.2. The van der Waals surface area contributed by atoms with Crippen molar-refractivity contribution in [3.05, 3.63) is 139 Å². The van der Waals surface area contributed by atoms with Gasteiger partial charge in [-0.15, -0.1) is 5.10 Å². The first-order valence-corrected chi connectivity index (χ1v) is 43.6. The summed E-state index contributed by atoms with van der Waals surface area (Å²) in [4.78, 5) is 67.7. The quantitative estimate of drug-likeness (QED) is 0.0289. The van der Waals surface area contributed by atoms with E-state index in [-0.39, 0.29) is 148 Å². The summed E-state index contributed by atoms with van der Waals surface area (Å²) in [5.74, 6) is -6.73. The molecule has 4 aliphatic rings. The molecule has 16 N–H and O–H groups in total. The van der Waals surface area contributed by atoms with E-state index in [1.165, 1.54) is 0 Å². The highest BCUT2D eigenvalue weighted by atomic mass is 16.7. The molecule has 3 aromatic rings. The SMILES string of the molecule is C[C@@H]1[C@H](O)[C@@H](C)/C=C/C=C/C=C/C=C/C=C/C=C/C=C/[C@H](O[C@@H]2O[C@H](C)[C@@H](O)[C@H](N)[C@@H]2O)CC2O[C@](O)(C[C@@H](O)C[C@@H](O)[C@H](O)CC[C@@H](O)C[C@@H](O)CC(=O)O[C@H]1C)C[C@H](O)[C@H]2C(=O)NCCOCCOCCOCCOCCC(=O)NCCC(=O)N1Cc2ccccc2-c2c(nnn2CCOCCOCCOCCOC(=O)CCCCCN)-c2ccccc21. The van der Waals surface area contributed by atoms with Crippen molar-refractivity contribution >= 4 is 35.3 Å². The van der Waals surface area contributed by atoms with Gasteiger partial charge >= 0.3 is 11.9 Å². The van der Waals surface area contributed by atoms with Gasteiger partial charge in [0, 0.05) is 81.0 Å². The Labute approximate surface area is 732 Å². The standard InChI is InChI=1S/C90H136N8O27/c1-61-24-16-13-11-9-7-5-6-8-10-12-14-17-26-69(124-89-87(111)82(92)86(110)64(4)123-89)57-76-81(75(104)59-90(113,125-76)58-68(101)55-74(103)73(102)32-31-66(99)54-67(100)56-80(108)122-63(3)62(2)85(61)109)88(112)94-37-40-115-43-46-118-49-48-117-45-42-114-39-34-77(105)93-36-33-78(106)97-60-65-25-19-20-27-70(65)84-83(71-28-21-22-29-72(71)97)95-96-98(84)38-41-116-44-47-119-50-51-120-52-53-121-79(107)30-18-15-23-35-91/h5-14,16-17,19-22,24-29,61-64,66-69,73-76,81-82,85-87,89,99-104,109-111,113H,15,18,23,30-60,91-92H2,1-4H3,(H,93,105)(H,94,112)/b6-5+,9-7+,10-8+,13-11+,14-12+,24-16+,26-17+/t61-,62-,63-,64+,66+,67+,68-,69-,73+,74+,75-,76?,81+,82-,85+,86+,87-,89-,90+/m0/s1. The number of ether oxygens (including phenoxy) is 12. The average molecular weight is 1760 g/mol. The number of amides is 3. The predicted molar refractivity (Wildman–Crippen MR) is 461 cm³/mol. The monoisotopic (exact) mass is 1760 g/mol. The van der Waals surface area contributed by atoms with Crippen molar-refractivity contribution < 1.29 is 132 Å². The molecule has 698 valence electrons. The lowest BCUT2D eigenvalue weighted by atomic mass is 9.82. The van der Waals surface area contributed by atoms with Crippen LogP contribution in [0.15, 0.2) is 134 Å². The highest BCUT2D eigenvalue weighted by molar-refractivity contribution is 6.00. The molecule has 35 nitrogen and oxygen atoms in total. The number of nitrogens with one attached hydrogen (secondary N) is 2. The van der Waals surface area contributed by atoms with E-state index < -0.39 is 147 Å². The first kappa shape index (κ1) is 104. The highest BCUT2D eigenvalue weighted by Gasteiger charge is 2.51. The molecule has 1 unspecified atom stereocenters. The fraction of sp³-hybridized carbons (Fsp3) is 0.633. The van der Waals surface area contributed by atoms with Crippen LogP contribution in [0, 0.1) is 17.8 Å². The Hall–Kier alpha value is -7.77. The number of benzene rings is 2. The number of hydrogen-bond donors (Lipinski definition) is 14. The number of nitrogens with zero attached hydrogens (tertiary/aromatic N) is 4. The second kappa shape index (κ2) is 57.9. The first-order valence-electron chi connectivity index (χ1n) is 43.6. The molecule has 0 aliphatic carbocycles. The number of aromatic nitrogens is 3. The van der Waals surface area contributed by atoms with E-state index in [1.807, 2.05) is 78.4 Å². The minimum atomic E-state index is -2.36. The molecular weight excluding hydrogens is 1630 g/mol. The average Bonchev–Trinajstić information content (AvgIpc) is 1.66. The van der Waals surface area contributed by atoms with Gasteiger partial charge < -0.3 is 135 Å². The first-order chi connectivity index (χ1) is 60.3. The number of hydrogen-bond acceptors (Lipinski definition) is 31. The number of nitrogens with two attached hydrogens (primary N) is 2. The Morgan fingerprint density at radius 1 is 0.568 bits per heavy atom. The molecule has 3 amide bonds. The van der Waals surface area contributed by atoms with E-state index >= 15 is 0 Å². The molecule has 0 spiro atoms. The number of carbonyl (C=O) groups excluding carboxylic acids is 5. The van der Waals surface area contributed by atoms with Crippen LogP contribution in [0.2, 0.25) is 0 Å². The fourth-order valence-electron chi connectivity index (χ4n) is 14.6. The Kier molecular flexibility index (Phi) is 48.3. The summed E-state index contributed by atoms with van der Waals surface area (Å²) in [6.07, 6.45) is 6.24. The van der Waals surface area contributed by atoms with Crippen molar-refractivity contribution in [3.8, 4) is 22.5 Å². The molecule has 0 saturated carbocycles. The van der Waals surface area contributed by atoms with Gasteiger partial charge in [0.05, 0.1) is 202 Å². The maximum Gasteiger partial charge on any atom is 0.308 e.